The first-order valence-corrected chi connectivity index (χ1v) is 11.7. The van der Waals surface area contributed by atoms with Crippen LogP contribution < -0.4 is 0 Å². The Hall–Kier alpha value is -1.54. The Morgan fingerprint density at radius 2 is 1.82 bits per heavy atom. The molecule has 0 amide bonds. The first kappa shape index (κ1) is 16.8. The predicted octanol–water partition coefficient (Wildman–Crippen LogP) is 6.33. The Balaban J connectivity index is 2.50. The standard InChI is InChI=1S/C20H28OSi/c1-5-6-12-17-13-10-11-16-19(17)20(21-22(2,3)4)18-14-8-7-9-15-18/h5,7-9,12,14-15H,1,6,10-11,13,16H2,2-4H3/b17-12+,20-19-. The van der Waals surface area contributed by atoms with Gasteiger partial charge in [0.15, 0.2) is 0 Å². The third kappa shape index (κ3) is 4.74. The van der Waals surface area contributed by atoms with E-state index in [-0.39, 0.29) is 0 Å². The van der Waals surface area contributed by atoms with Crippen molar-refractivity contribution in [2.45, 2.75) is 51.7 Å². The molecule has 1 fully saturated rings. The molecule has 0 saturated heterocycles. The highest BCUT2D eigenvalue weighted by molar-refractivity contribution is 6.70. The molecule has 0 aromatic heterocycles. The molecule has 0 spiro atoms. The van der Waals surface area contributed by atoms with E-state index in [0.29, 0.717) is 0 Å². The molecule has 0 radical (unpaired) electrons. The maximum absolute atomic E-state index is 6.53. The van der Waals surface area contributed by atoms with Crippen molar-refractivity contribution in [1.29, 1.82) is 0 Å². The molecule has 0 unspecified atom stereocenters. The van der Waals surface area contributed by atoms with Crippen LogP contribution in [0.4, 0.5) is 0 Å². The van der Waals surface area contributed by atoms with Gasteiger partial charge in [-0.2, -0.15) is 0 Å². The zero-order chi connectivity index (χ0) is 16.0. The third-order valence-corrected chi connectivity index (χ3v) is 4.58. The van der Waals surface area contributed by atoms with Gasteiger partial charge in [0.05, 0.1) is 0 Å². The molecule has 0 bridgehead atoms. The normalized spacial score (nSPS) is 19.9. The van der Waals surface area contributed by atoms with E-state index in [1.54, 1.807) is 0 Å². The fourth-order valence-corrected chi connectivity index (χ4v) is 3.68. The molecular formula is C20H28OSi. The largest absolute Gasteiger partial charge is 0.544 e. The molecule has 2 rings (SSSR count). The molecular weight excluding hydrogens is 284 g/mol. The van der Waals surface area contributed by atoms with Gasteiger partial charge in [-0.05, 0) is 62.9 Å². The summed E-state index contributed by atoms with van der Waals surface area (Å²) in [5, 5.41) is 0. The number of hydrogen-bond acceptors (Lipinski definition) is 1. The van der Waals surface area contributed by atoms with Crippen LogP contribution in [0.5, 0.6) is 0 Å². The van der Waals surface area contributed by atoms with Crippen molar-refractivity contribution in [3.8, 4) is 0 Å². The average Bonchev–Trinajstić information content (AvgIpc) is 2.51. The molecule has 1 nitrogen and oxygen atoms in total. The smallest absolute Gasteiger partial charge is 0.242 e. The van der Waals surface area contributed by atoms with E-state index >= 15 is 0 Å². The van der Waals surface area contributed by atoms with Crippen LogP contribution in [-0.2, 0) is 4.43 Å². The maximum Gasteiger partial charge on any atom is 0.242 e. The Kier molecular flexibility index (Phi) is 5.84. The van der Waals surface area contributed by atoms with Crippen LogP contribution in [0.15, 0.2) is 60.2 Å². The minimum absolute atomic E-state index is 0.938. The molecule has 0 atom stereocenters. The van der Waals surface area contributed by atoms with E-state index in [9.17, 15) is 0 Å². The summed E-state index contributed by atoms with van der Waals surface area (Å²) in [4.78, 5) is 0. The second-order valence-corrected chi connectivity index (χ2v) is 11.3. The maximum atomic E-state index is 6.53. The van der Waals surface area contributed by atoms with E-state index in [0.717, 1.165) is 25.0 Å². The summed E-state index contributed by atoms with van der Waals surface area (Å²) in [6.45, 7) is 10.6. The Bertz CT molecular complexity index is 561. The molecule has 118 valence electrons. The van der Waals surface area contributed by atoms with Crippen molar-refractivity contribution in [3.63, 3.8) is 0 Å². The zero-order valence-corrected chi connectivity index (χ0v) is 15.2. The highest BCUT2D eigenvalue weighted by Gasteiger charge is 2.24. The lowest BCUT2D eigenvalue weighted by atomic mass is 9.86. The molecule has 0 heterocycles. The molecule has 2 heteroatoms. The second-order valence-electron chi connectivity index (χ2n) is 6.85. The van der Waals surface area contributed by atoms with Crippen molar-refractivity contribution in [2.75, 3.05) is 0 Å². The Morgan fingerprint density at radius 3 is 2.45 bits per heavy atom. The minimum Gasteiger partial charge on any atom is -0.544 e. The molecule has 22 heavy (non-hydrogen) atoms. The molecule has 1 aromatic rings. The molecule has 1 aliphatic carbocycles. The summed E-state index contributed by atoms with van der Waals surface area (Å²) in [5.74, 6) is 1.12. The van der Waals surface area contributed by atoms with E-state index < -0.39 is 8.32 Å². The first-order chi connectivity index (χ1) is 10.5. The van der Waals surface area contributed by atoms with Crippen molar-refractivity contribution in [1.82, 2.24) is 0 Å². The van der Waals surface area contributed by atoms with Gasteiger partial charge in [-0.1, -0.05) is 42.5 Å². The summed E-state index contributed by atoms with van der Waals surface area (Å²) in [6.07, 6.45) is 10.1. The molecule has 1 aromatic carbocycles. The van der Waals surface area contributed by atoms with Crippen LogP contribution in [0.2, 0.25) is 19.6 Å². The van der Waals surface area contributed by atoms with E-state index in [4.69, 9.17) is 4.43 Å². The lowest BCUT2D eigenvalue weighted by molar-refractivity contribution is 0.502. The van der Waals surface area contributed by atoms with Crippen molar-refractivity contribution in [3.05, 3.63) is 65.8 Å². The van der Waals surface area contributed by atoms with Gasteiger partial charge in [0.25, 0.3) is 0 Å². The van der Waals surface area contributed by atoms with E-state index in [1.165, 1.54) is 29.6 Å². The second kappa shape index (κ2) is 7.64. The third-order valence-electron chi connectivity index (χ3n) is 3.76. The Morgan fingerprint density at radius 1 is 1.14 bits per heavy atom. The number of benzene rings is 1. The van der Waals surface area contributed by atoms with Gasteiger partial charge in [-0.15, -0.1) is 6.58 Å². The number of hydrogen-bond donors (Lipinski definition) is 0. The summed E-state index contributed by atoms with van der Waals surface area (Å²) in [7, 11) is -1.65. The van der Waals surface area contributed by atoms with Crippen LogP contribution >= 0.6 is 0 Å². The number of allylic oxidation sites excluding steroid dienone is 4. The van der Waals surface area contributed by atoms with Gasteiger partial charge in [-0.25, -0.2) is 0 Å². The van der Waals surface area contributed by atoms with Crippen molar-refractivity contribution >= 4 is 14.1 Å². The van der Waals surface area contributed by atoms with Crippen LogP contribution in [0.25, 0.3) is 5.76 Å². The monoisotopic (exact) mass is 312 g/mol. The Labute approximate surface area is 136 Å². The SMILES string of the molecule is C=CC/C=C1\CCCC\C1=C(\O[Si](C)(C)C)c1ccccc1. The van der Waals surface area contributed by atoms with Crippen LogP contribution in [0.3, 0.4) is 0 Å². The summed E-state index contributed by atoms with van der Waals surface area (Å²) >= 11 is 0. The summed E-state index contributed by atoms with van der Waals surface area (Å²) in [6, 6.07) is 10.6. The van der Waals surface area contributed by atoms with Gasteiger partial charge >= 0.3 is 0 Å². The lowest BCUT2D eigenvalue weighted by Crippen LogP contribution is -2.25. The fourth-order valence-electron chi connectivity index (χ4n) is 2.83. The van der Waals surface area contributed by atoms with Crippen LogP contribution in [0.1, 0.15) is 37.7 Å². The first-order valence-electron chi connectivity index (χ1n) is 8.29. The fraction of sp³-hybridized carbons (Fsp3) is 0.400. The molecule has 1 aliphatic rings. The van der Waals surface area contributed by atoms with Crippen LogP contribution in [0, 0.1) is 0 Å². The number of rotatable bonds is 5. The van der Waals surface area contributed by atoms with E-state index in [1.807, 2.05) is 6.08 Å². The molecule has 0 aliphatic heterocycles. The summed E-state index contributed by atoms with van der Waals surface area (Å²) < 4.78 is 6.53. The van der Waals surface area contributed by atoms with Gasteiger partial charge in [0.1, 0.15) is 5.76 Å². The quantitative estimate of drug-likeness (QED) is 0.351. The lowest BCUT2D eigenvalue weighted by Gasteiger charge is -2.28. The molecule has 0 N–H and O–H groups in total. The zero-order valence-electron chi connectivity index (χ0n) is 14.2. The topological polar surface area (TPSA) is 9.23 Å². The van der Waals surface area contributed by atoms with Gasteiger partial charge < -0.3 is 4.43 Å². The highest BCUT2D eigenvalue weighted by Crippen LogP contribution is 2.37. The van der Waals surface area contributed by atoms with Gasteiger partial charge in [-0.3, -0.25) is 0 Å². The average molecular weight is 313 g/mol. The molecule has 1 saturated carbocycles. The van der Waals surface area contributed by atoms with Crippen molar-refractivity contribution < 1.29 is 4.43 Å². The van der Waals surface area contributed by atoms with Gasteiger partial charge in [0.2, 0.25) is 8.32 Å². The van der Waals surface area contributed by atoms with E-state index in [2.05, 4.69) is 62.6 Å². The summed E-state index contributed by atoms with van der Waals surface area (Å²) in [5.41, 5.74) is 4.09. The highest BCUT2D eigenvalue weighted by atomic mass is 28.4. The predicted molar refractivity (Wildman–Crippen MR) is 99.2 cm³/mol. The van der Waals surface area contributed by atoms with Crippen molar-refractivity contribution in [2.24, 2.45) is 0 Å². The van der Waals surface area contributed by atoms with Gasteiger partial charge in [0, 0.05) is 5.56 Å². The van der Waals surface area contributed by atoms with Crippen LogP contribution in [-0.4, -0.2) is 8.32 Å². The minimum atomic E-state index is -1.65.